The first-order valence-corrected chi connectivity index (χ1v) is 5.93. The Morgan fingerprint density at radius 1 is 1.38 bits per heavy atom. The molecule has 0 unspecified atom stereocenters. The Morgan fingerprint density at radius 2 is 2.12 bits per heavy atom. The van der Waals surface area contributed by atoms with Crippen molar-refractivity contribution in [3.8, 4) is 0 Å². The van der Waals surface area contributed by atoms with Crippen molar-refractivity contribution in [1.82, 2.24) is 25.5 Å². The van der Waals surface area contributed by atoms with Crippen molar-refractivity contribution in [2.24, 2.45) is 13.0 Å². The summed E-state index contributed by atoms with van der Waals surface area (Å²) < 4.78 is 1.74. The molecule has 0 radical (unpaired) electrons. The fourth-order valence-electron chi connectivity index (χ4n) is 2.26. The summed E-state index contributed by atoms with van der Waals surface area (Å²) in [6.07, 6.45) is 3.77. The number of hydrogen-bond acceptors (Lipinski definition) is 5. The number of nitrogens with zero attached hydrogens (tertiary/aromatic N) is 5. The number of hydrogen-bond donors (Lipinski definition) is 1. The second-order valence-electron chi connectivity index (χ2n) is 4.43. The van der Waals surface area contributed by atoms with Crippen LogP contribution in [-0.4, -0.2) is 46.9 Å². The van der Waals surface area contributed by atoms with Crippen LogP contribution in [0.3, 0.4) is 0 Å². The molecule has 1 aliphatic heterocycles. The minimum absolute atomic E-state index is 0.852. The lowest BCUT2D eigenvalue weighted by atomic mass is 9.94. The van der Waals surface area contributed by atoms with Crippen molar-refractivity contribution in [2.45, 2.75) is 19.3 Å². The summed E-state index contributed by atoms with van der Waals surface area (Å²) >= 11 is 0. The molecule has 0 spiro atoms. The van der Waals surface area contributed by atoms with Gasteiger partial charge in [-0.05, 0) is 49.2 Å². The smallest absolute Gasteiger partial charge is 0.245 e. The normalized spacial score (nSPS) is 18.0. The molecule has 2 rings (SSSR count). The zero-order chi connectivity index (χ0) is 11.4. The maximum absolute atomic E-state index is 4.04. The quantitative estimate of drug-likeness (QED) is 0.782. The molecule has 0 amide bonds. The summed E-state index contributed by atoms with van der Waals surface area (Å²) in [4.78, 5) is 2.27. The Balaban J connectivity index is 1.83. The molecule has 0 aromatic carbocycles. The van der Waals surface area contributed by atoms with Gasteiger partial charge < -0.3 is 10.2 Å². The Kier molecular flexibility index (Phi) is 3.71. The van der Waals surface area contributed by atoms with E-state index < -0.39 is 0 Å². The van der Waals surface area contributed by atoms with Gasteiger partial charge >= 0.3 is 0 Å². The van der Waals surface area contributed by atoms with Crippen LogP contribution in [0.1, 0.15) is 19.3 Å². The third-order valence-corrected chi connectivity index (χ3v) is 3.30. The average molecular weight is 224 g/mol. The first-order valence-electron chi connectivity index (χ1n) is 5.93. The van der Waals surface area contributed by atoms with E-state index in [1.54, 1.807) is 4.68 Å². The molecule has 2 heterocycles. The van der Waals surface area contributed by atoms with Crippen LogP contribution in [0.25, 0.3) is 0 Å². The van der Waals surface area contributed by atoms with Gasteiger partial charge in [0.25, 0.3) is 0 Å². The van der Waals surface area contributed by atoms with E-state index in [-0.39, 0.29) is 0 Å². The molecule has 1 saturated heterocycles. The van der Waals surface area contributed by atoms with Crippen LogP contribution in [0, 0.1) is 5.92 Å². The van der Waals surface area contributed by atoms with Gasteiger partial charge in [0.2, 0.25) is 5.95 Å². The highest BCUT2D eigenvalue weighted by Gasteiger charge is 2.21. The second kappa shape index (κ2) is 5.25. The zero-order valence-corrected chi connectivity index (χ0v) is 10.1. The Bertz CT molecular complexity index is 315. The predicted molar refractivity (Wildman–Crippen MR) is 62.3 cm³/mol. The molecule has 6 heteroatoms. The molecule has 0 saturated carbocycles. The van der Waals surface area contributed by atoms with E-state index in [2.05, 4.69) is 25.7 Å². The summed E-state index contributed by atoms with van der Waals surface area (Å²) in [5, 5.41) is 14.8. The van der Waals surface area contributed by atoms with Crippen molar-refractivity contribution in [3.05, 3.63) is 0 Å². The average Bonchev–Trinajstić information content (AvgIpc) is 2.74. The summed E-state index contributed by atoms with van der Waals surface area (Å²) in [7, 11) is 3.91. The molecule has 1 aromatic rings. The number of aromatic nitrogens is 4. The zero-order valence-electron chi connectivity index (χ0n) is 10.1. The highest BCUT2D eigenvalue weighted by molar-refractivity contribution is 5.28. The van der Waals surface area contributed by atoms with Gasteiger partial charge in [0, 0.05) is 20.1 Å². The Labute approximate surface area is 96.0 Å². The summed E-state index contributed by atoms with van der Waals surface area (Å²) in [6, 6.07) is 0. The minimum atomic E-state index is 0.852. The van der Waals surface area contributed by atoms with Crippen LogP contribution in [-0.2, 0) is 7.05 Å². The highest BCUT2D eigenvalue weighted by Crippen LogP contribution is 2.22. The molecule has 1 N–H and O–H groups in total. The van der Waals surface area contributed by atoms with Gasteiger partial charge in [-0.25, -0.2) is 4.68 Å². The van der Waals surface area contributed by atoms with E-state index >= 15 is 0 Å². The number of rotatable bonds is 4. The molecule has 1 aliphatic rings. The van der Waals surface area contributed by atoms with Crippen molar-refractivity contribution in [1.29, 1.82) is 0 Å². The van der Waals surface area contributed by atoms with Crippen LogP contribution in [0.4, 0.5) is 5.95 Å². The van der Waals surface area contributed by atoms with Gasteiger partial charge in [-0.1, -0.05) is 5.10 Å². The predicted octanol–water partition coefficient (Wildman–Crippen LogP) is 0.0360. The third-order valence-electron chi connectivity index (χ3n) is 3.30. The van der Waals surface area contributed by atoms with Crippen LogP contribution in [0.5, 0.6) is 0 Å². The van der Waals surface area contributed by atoms with Gasteiger partial charge in [-0.15, -0.1) is 0 Å². The number of piperidine rings is 1. The topological polar surface area (TPSA) is 58.9 Å². The first-order chi connectivity index (χ1) is 7.81. The van der Waals surface area contributed by atoms with Crippen molar-refractivity contribution in [3.63, 3.8) is 0 Å². The lowest BCUT2D eigenvalue weighted by Gasteiger charge is -2.31. The highest BCUT2D eigenvalue weighted by atomic mass is 15.6. The fourth-order valence-corrected chi connectivity index (χ4v) is 2.26. The van der Waals surface area contributed by atoms with Gasteiger partial charge in [0.05, 0.1) is 0 Å². The standard InChI is InChI=1S/C10H20N6/c1-11-6-3-9-4-7-16(8-5-9)10-12-13-14-15(10)2/h9,11H,3-8H2,1-2H3. The maximum atomic E-state index is 4.04. The van der Waals surface area contributed by atoms with Crippen molar-refractivity contribution in [2.75, 3.05) is 31.6 Å². The maximum Gasteiger partial charge on any atom is 0.245 e. The lowest BCUT2D eigenvalue weighted by Crippen LogP contribution is -2.36. The van der Waals surface area contributed by atoms with E-state index in [1.165, 1.54) is 19.3 Å². The molecule has 1 fully saturated rings. The van der Waals surface area contributed by atoms with E-state index in [0.29, 0.717) is 0 Å². The van der Waals surface area contributed by atoms with Crippen LogP contribution in [0.15, 0.2) is 0 Å². The molecule has 1 aromatic heterocycles. The monoisotopic (exact) mass is 224 g/mol. The van der Waals surface area contributed by atoms with Gasteiger partial charge in [-0.2, -0.15) is 0 Å². The fraction of sp³-hybridized carbons (Fsp3) is 0.900. The molecule has 6 nitrogen and oxygen atoms in total. The van der Waals surface area contributed by atoms with E-state index in [9.17, 15) is 0 Å². The number of nitrogens with one attached hydrogen (secondary N) is 1. The van der Waals surface area contributed by atoms with Crippen molar-refractivity contribution >= 4 is 5.95 Å². The minimum Gasteiger partial charge on any atom is -0.340 e. The Morgan fingerprint density at radius 3 is 2.69 bits per heavy atom. The number of anilines is 1. The SMILES string of the molecule is CNCCC1CCN(c2nnnn2C)CC1. The molecule has 0 aliphatic carbocycles. The third kappa shape index (κ3) is 2.49. The van der Waals surface area contributed by atoms with Crippen molar-refractivity contribution < 1.29 is 0 Å². The first kappa shape index (κ1) is 11.3. The second-order valence-corrected chi connectivity index (χ2v) is 4.43. The number of tetrazole rings is 1. The summed E-state index contributed by atoms with van der Waals surface area (Å²) in [5.41, 5.74) is 0. The Hall–Kier alpha value is -1.17. The van der Waals surface area contributed by atoms with Crippen LogP contribution >= 0.6 is 0 Å². The number of aryl methyl sites for hydroxylation is 1. The van der Waals surface area contributed by atoms with E-state index in [1.807, 2.05) is 14.1 Å². The van der Waals surface area contributed by atoms with E-state index in [4.69, 9.17) is 0 Å². The largest absolute Gasteiger partial charge is 0.340 e. The molecular formula is C10H20N6. The molecule has 16 heavy (non-hydrogen) atoms. The molecule has 90 valence electrons. The van der Waals surface area contributed by atoms with Crippen LogP contribution in [0.2, 0.25) is 0 Å². The van der Waals surface area contributed by atoms with Gasteiger partial charge in [0.1, 0.15) is 0 Å². The molecule has 0 bridgehead atoms. The molecular weight excluding hydrogens is 204 g/mol. The van der Waals surface area contributed by atoms with E-state index in [0.717, 1.165) is 31.5 Å². The molecule has 0 atom stereocenters. The van der Waals surface area contributed by atoms with Gasteiger partial charge in [-0.3, -0.25) is 0 Å². The summed E-state index contributed by atoms with van der Waals surface area (Å²) in [5.74, 6) is 1.75. The van der Waals surface area contributed by atoms with Gasteiger partial charge in [0.15, 0.2) is 0 Å². The van der Waals surface area contributed by atoms with Crippen LogP contribution < -0.4 is 10.2 Å². The lowest BCUT2D eigenvalue weighted by molar-refractivity contribution is 0.374. The summed E-state index contributed by atoms with van der Waals surface area (Å²) in [6.45, 7) is 3.27.